The SMILES string of the molecule is Cc1cccc(C)c1/C=C\S. The molecule has 0 bridgehead atoms. The van der Waals surface area contributed by atoms with E-state index >= 15 is 0 Å². The Labute approximate surface area is 73.4 Å². The number of benzene rings is 1. The molecule has 0 fully saturated rings. The Morgan fingerprint density at radius 3 is 2.18 bits per heavy atom. The Balaban J connectivity index is 3.20. The van der Waals surface area contributed by atoms with Gasteiger partial charge in [-0.05, 0) is 42.0 Å². The van der Waals surface area contributed by atoms with Crippen LogP contribution in [0.15, 0.2) is 23.6 Å². The van der Waals surface area contributed by atoms with Crippen molar-refractivity contribution in [1.29, 1.82) is 0 Å². The van der Waals surface area contributed by atoms with Crippen molar-refractivity contribution in [1.82, 2.24) is 0 Å². The van der Waals surface area contributed by atoms with Gasteiger partial charge in [-0.3, -0.25) is 0 Å². The van der Waals surface area contributed by atoms with Crippen LogP contribution in [0.25, 0.3) is 6.08 Å². The monoisotopic (exact) mass is 164 g/mol. The van der Waals surface area contributed by atoms with Crippen LogP contribution in [0.4, 0.5) is 0 Å². The fourth-order valence-corrected chi connectivity index (χ4v) is 1.31. The molecule has 0 amide bonds. The molecule has 1 aromatic carbocycles. The Bertz CT molecular complexity index is 254. The molecule has 0 atom stereocenters. The lowest BCUT2D eigenvalue weighted by molar-refractivity contribution is 1.36. The quantitative estimate of drug-likeness (QED) is 0.605. The topological polar surface area (TPSA) is 0 Å². The highest BCUT2D eigenvalue weighted by Gasteiger charge is 1.95. The first-order valence-electron chi connectivity index (χ1n) is 3.62. The standard InChI is InChI=1S/C10H12S/c1-8-4-3-5-9(2)10(8)6-7-11/h3-7,11H,1-2H3/b7-6-. The first kappa shape index (κ1) is 8.41. The van der Waals surface area contributed by atoms with Crippen molar-refractivity contribution in [3.05, 3.63) is 40.3 Å². The molecule has 11 heavy (non-hydrogen) atoms. The summed E-state index contributed by atoms with van der Waals surface area (Å²) in [6.45, 7) is 4.21. The summed E-state index contributed by atoms with van der Waals surface area (Å²) in [6.07, 6.45) is 2.02. The molecule has 1 aromatic rings. The number of hydrogen-bond acceptors (Lipinski definition) is 1. The summed E-state index contributed by atoms with van der Waals surface area (Å²) < 4.78 is 0. The van der Waals surface area contributed by atoms with Gasteiger partial charge in [0.1, 0.15) is 0 Å². The van der Waals surface area contributed by atoms with Gasteiger partial charge in [0, 0.05) is 0 Å². The highest BCUT2D eigenvalue weighted by Crippen LogP contribution is 2.14. The van der Waals surface area contributed by atoms with Crippen LogP contribution in [0.3, 0.4) is 0 Å². The van der Waals surface area contributed by atoms with Crippen LogP contribution in [0.1, 0.15) is 16.7 Å². The molecule has 0 aliphatic heterocycles. The van der Waals surface area contributed by atoms with E-state index in [0.29, 0.717) is 0 Å². The predicted molar refractivity (Wildman–Crippen MR) is 53.9 cm³/mol. The summed E-state index contributed by atoms with van der Waals surface area (Å²) in [7, 11) is 0. The summed E-state index contributed by atoms with van der Waals surface area (Å²) in [5.41, 5.74) is 3.88. The fourth-order valence-electron chi connectivity index (χ4n) is 1.16. The van der Waals surface area contributed by atoms with Gasteiger partial charge in [0.25, 0.3) is 0 Å². The summed E-state index contributed by atoms with van der Waals surface area (Å²) in [5.74, 6) is 0. The molecule has 0 aromatic heterocycles. The molecule has 0 saturated heterocycles. The van der Waals surface area contributed by atoms with Gasteiger partial charge in [0.15, 0.2) is 0 Å². The maximum atomic E-state index is 4.05. The summed E-state index contributed by atoms with van der Waals surface area (Å²) >= 11 is 4.05. The average molecular weight is 164 g/mol. The lowest BCUT2D eigenvalue weighted by atomic mass is 10.0. The van der Waals surface area contributed by atoms with Crippen LogP contribution >= 0.6 is 12.6 Å². The van der Waals surface area contributed by atoms with Crippen molar-refractivity contribution in [3.8, 4) is 0 Å². The first-order chi connectivity index (χ1) is 5.25. The number of rotatable bonds is 1. The Kier molecular flexibility index (Phi) is 2.77. The summed E-state index contributed by atoms with van der Waals surface area (Å²) in [6, 6.07) is 6.28. The maximum Gasteiger partial charge on any atom is -0.0193 e. The molecule has 0 spiro atoms. The normalized spacial score (nSPS) is 10.8. The molecule has 0 unspecified atom stereocenters. The summed E-state index contributed by atoms with van der Waals surface area (Å²) in [5, 5.41) is 1.77. The van der Waals surface area contributed by atoms with E-state index < -0.39 is 0 Å². The van der Waals surface area contributed by atoms with E-state index in [9.17, 15) is 0 Å². The molecule has 0 nitrogen and oxygen atoms in total. The molecule has 1 rings (SSSR count). The zero-order valence-corrected chi connectivity index (χ0v) is 7.73. The van der Waals surface area contributed by atoms with Gasteiger partial charge in [-0.15, -0.1) is 0 Å². The van der Waals surface area contributed by atoms with Crippen molar-refractivity contribution < 1.29 is 0 Å². The zero-order chi connectivity index (χ0) is 8.27. The molecule has 0 N–H and O–H groups in total. The number of hydrogen-bond donors (Lipinski definition) is 1. The van der Waals surface area contributed by atoms with E-state index in [1.807, 2.05) is 6.08 Å². The van der Waals surface area contributed by atoms with Gasteiger partial charge < -0.3 is 0 Å². The molecule has 0 aliphatic rings. The molecule has 0 radical (unpaired) electrons. The third kappa shape index (κ3) is 1.87. The highest BCUT2D eigenvalue weighted by atomic mass is 32.1. The van der Waals surface area contributed by atoms with Crippen molar-refractivity contribution >= 4 is 18.7 Å². The number of aryl methyl sites for hydroxylation is 2. The minimum absolute atomic E-state index is 1.28. The molecule has 0 heterocycles. The first-order valence-corrected chi connectivity index (χ1v) is 4.14. The Hall–Kier alpha value is -0.690. The molecule has 0 saturated carbocycles. The second-order valence-electron chi connectivity index (χ2n) is 2.62. The highest BCUT2D eigenvalue weighted by molar-refractivity contribution is 7.83. The molecule has 0 aliphatic carbocycles. The van der Waals surface area contributed by atoms with Gasteiger partial charge in [-0.2, -0.15) is 12.6 Å². The van der Waals surface area contributed by atoms with E-state index in [1.165, 1.54) is 16.7 Å². The average Bonchev–Trinajstić information content (AvgIpc) is 1.97. The van der Waals surface area contributed by atoms with Crippen LogP contribution in [0, 0.1) is 13.8 Å². The van der Waals surface area contributed by atoms with Crippen LogP contribution in [0.2, 0.25) is 0 Å². The smallest absolute Gasteiger partial charge is 0.0193 e. The van der Waals surface area contributed by atoms with Gasteiger partial charge >= 0.3 is 0 Å². The van der Waals surface area contributed by atoms with Crippen LogP contribution < -0.4 is 0 Å². The van der Waals surface area contributed by atoms with Crippen molar-refractivity contribution in [2.45, 2.75) is 13.8 Å². The molecule has 1 heteroatoms. The van der Waals surface area contributed by atoms with Crippen molar-refractivity contribution in [2.24, 2.45) is 0 Å². The Morgan fingerprint density at radius 1 is 1.18 bits per heavy atom. The van der Waals surface area contributed by atoms with Gasteiger partial charge in [-0.25, -0.2) is 0 Å². The van der Waals surface area contributed by atoms with Crippen LogP contribution in [-0.2, 0) is 0 Å². The second kappa shape index (κ2) is 3.63. The fraction of sp³-hybridized carbons (Fsp3) is 0.200. The van der Waals surface area contributed by atoms with Gasteiger partial charge in [0.05, 0.1) is 0 Å². The molecule has 58 valence electrons. The summed E-state index contributed by atoms with van der Waals surface area (Å²) in [4.78, 5) is 0. The van der Waals surface area contributed by atoms with Gasteiger partial charge in [-0.1, -0.05) is 18.2 Å². The third-order valence-electron chi connectivity index (χ3n) is 1.78. The minimum atomic E-state index is 1.28. The number of thiol groups is 1. The van der Waals surface area contributed by atoms with Crippen LogP contribution in [-0.4, -0.2) is 0 Å². The van der Waals surface area contributed by atoms with Crippen molar-refractivity contribution in [2.75, 3.05) is 0 Å². The largest absolute Gasteiger partial charge is 0.151 e. The van der Waals surface area contributed by atoms with E-state index in [1.54, 1.807) is 5.41 Å². The predicted octanol–water partition coefficient (Wildman–Crippen LogP) is 3.20. The van der Waals surface area contributed by atoms with Gasteiger partial charge in [0.2, 0.25) is 0 Å². The van der Waals surface area contributed by atoms with Crippen LogP contribution in [0.5, 0.6) is 0 Å². The van der Waals surface area contributed by atoms with E-state index in [4.69, 9.17) is 0 Å². The van der Waals surface area contributed by atoms with E-state index in [-0.39, 0.29) is 0 Å². The van der Waals surface area contributed by atoms with Crippen molar-refractivity contribution in [3.63, 3.8) is 0 Å². The second-order valence-corrected chi connectivity index (χ2v) is 2.92. The lowest BCUT2D eigenvalue weighted by Crippen LogP contribution is -1.83. The molecular weight excluding hydrogens is 152 g/mol. The lowest BCUT2D eigenvalue weighted by Gasteiger charge is -2.02. The molecular formula is C10H12S. The third-order valence-corrected chi connectivity index (χ3v) is 1.93. The van der Waals surface area contributed by atoms with E-state index in [0.717, 1.165) is 0 Å². The zero-order valence-electron chi connectivity index (χ0n) is 6.83. The Morgan fingerprint density at radius 2 is 1.73 bits per heavy atom. The maximum absolute atomic E-state index is 4.05. The van der Waals surface area contributed by atoms with E-state index in [2.05, 4.69) is 44.7 Å². The minimum Gasteiger partial charge on any atom is -0.151 e.